The largest absolute Gasteiger partial charge is 0.0750 e. The molecule has 0 aliphatic heterocycles. The normalized spacial score (nSPS) is 13.2. The molecule has 0 bridgehead atoms. The Labute approximate surface area is 130 Å². The second-order valence-electron chi connectivity index (χ2n) is 5.06. The van der Waals surface area contributed by atoms with Crippen LogP contribution in [0.3, 0.4) is 0 Å². The van der Waals surface area contributed by atoms with Gasteiger partial charge in [0.05, 0.1) is 0 Å². The fourth-order valence-corrected chi connectivity index (χ4v) is 3.18. The summed E-state index contributed by atoms with van der Waals surface area (Å²) in [6, 6.07) is 15.4. The van der Waals surface area contributed by atoms with E-state index in [1.165, 1.54) is 35.6 Å². The molecule has 0 amide bonds. The lowest BCUT2D eigenvalue weighted by Gasteiger charge is -2.14. The summed E-state index contributed by atoms with van der Waals surface area (Å²) >= 11 is 2.33. The topological polar surface area (TPSA) is 0 Å². The highest BCUT2D eigenvalue weighted by Crippen LogP contribution is 2.24. The van der Waals surface area contributed by atoms with Crippen LogP contribution in [0.4, 0.5) is 0 Å². The van der Waals surface area contributed by atoms with Crippen LogP contribution < -0.4 is 0 Å². The summed E-state index contributed by atoms with van der Waals surface area (Å²) in [6.45, 7) is 2.27. The lowest BCUT2D eigenvalue weighted by Crippen LogP contribution is -2.02. The highest BCUT2D eigenvalue weighted by Gasteiger charge is 2.08. The quantitative estimate of drug-likeness (QED) is 0.541. The third-order valence-electron chi connectivity index (χ3n) is 3.64. The van der Waals surface area contributed by atoms with Gasteiger partial charge >= 0.3 is 0 Å². The van der Waals surface area contributed by atoms with E-state index in [2.05, 4.69) is 82.1 Å². The van der Waals surface area contributed by atoms with Crippen LogP contribution in [0.5, 0.6) is 0 Å². The highest BCUT2D eigenvalue weighted by atomic mass is 127. The average molecular weight is 364 g/mol. The molecule has 0 fully saturated rings. The summed E-state index contributed by atoms with van der Waals surface area (Å²) < 4.78 is 2.17. The lowest BCUT2D eigenvalue weighted by molar-refractivity contribution is 0.554. The van der Waals surface area contributed by atoms with E-state index >= 15 is 0 Å². The first-order chi connectivity index (χ1) is 9.35. The summed E-state index contributed by atoms with van der Waals surface area (Å²) in [6.07, 6.45) is 7.40. The maximum atomic E-state index is 2.36. The summed E-state index contributed by atoms with van der Waals surface area (Å²) in [4.78, 5) is 0. The molecule has 100 valence electrons. The zero-order valence-electron chi connectivity index (χ0n) is 11.5. The number of rotatable bonds is 6. The lowest BCUT2D eigenvalue weighted by atomic mass is 9.91. The SMILES string of the molecule is CCCCC(C=CI)Cc1cccc2ccccc12. The van der Waals surface area contributed by atoms with Gasteiger partial charge in [-0.25, -0.2) is 0 Å². The van der Waals surface area contributed by atoms with Gasteiger partial charge in [0.1, 0.15) is 0 Å². The van der Waals surface area contributed by atoms with Crippen LogP contribution in [-0.4, -0.2) is 0 Å². The third kappa shape index (κ3) is 4.07. The molecule has 1 unspecified atom stereocenters. The van der Waals surface area contributed by atoms with E-state index in [-0.39, 0.29) is 0 Å². The van der Waals surface area contributed by atoms with Gasteiger partial charge in [-0.3, -0.25) is 0 Å². The molecule has 1 heteroatoms. The Balaban J connectivity index is 2.23. The van der Waals surface area contributed by atoms with Gasteiger partial charge in [-0.15, -0.1) is 0 Å². The molecule has 0 heterocycles. The van der Waals surface area contributed by atoms with Crippen LogP contribution in [0.15, 0.2) is 52.6 Å². The molecule has 2 aromatic carbocycles. The van der Waals surface area contributed by atoms with Crippen molar-refractivity contribution in [1.29, 1.82) is 0 Å². The van der Waals surface area contributed by atoms with Gasteiger partial charge < -0.3 is 0 Å². The molecule has 2 aromatic rings. The van der Waals surface area contributed by atoms with Crippen molar-refractivity contribution in [3.63, 3.8) is 0 Å². The van der Waals surface area contributed by atoms with Crippen LogP contribution >= 0.6 is 22.6 Å². The summed E-state index contributed by atoms with van der Waals surface area (Å²) in [5.41, 5.74) is 1.48. The molecule has 2 rings (SSSR count). The zero-order chi connectivity index (χ0) is 13.5. The fourth-order valence-electron chi connectivity index (χ4n) is 2.59. The monoisotopic (exact) mass is 364 g/mol. The van der Waals surface area contributed by atoms with Crippen LogP contribution in [0, 0.1) is 5.92 Å². The first-order valence-electron chi connectivity index (χ1n) is 7.08. The van der Waals surface area contributed by atoms with E-state index < -0.39 is 0 Å². The van der Waals surface area contributed by atoms with E-state index in [9.17, 15) is 0 Å². The third-order valence-corrected chi connectivity index (χ3v) is 4.05. The average Bonchev–Trinajstić information content (AvgIpc) is 2.45. The van der Waals surface area contributed by atoms with E-state index in [1.807, 2.05) is 0 Å². The highest BCUT2D eigenvalue weighted by molar-refractivity contribution is 14.1. The van der Waals surface area contributed by atoms with Crippen LogP contribution in [0.1, 0.15) is 31.7 Å². The molecular formula is C18H21I. The Morgan fingerprint density at radius 3 is 2.68 bits per heavy atom. The summed E-state index contributed by atoms with van der Waals surface area (Å²) in [5, 5.41) is 2.76. The summed E-state index contributed by atoms with van der Waals surface area (Å²) in [5.74, 6) is 0.669. The Bertz CT molecular complexity index is 537. The Hall–Kier alpha value is -0.830. The number of fused-ring (bicyclic) bond motifs is 1. The van der Waals surface area contributed by atoms with E-state index in [4.69, 9.17) is 0 Å². The van der Waals surface area contributed by atoms with Crippen molar-refractivity contribution in [2.45, 2.75) is 32.6 Å². The molecule has 0 nitrogen and oxygen atoms in total. The minimum atomic E-state index is 0.669. The molecule has 0 radical (unpaired) electrons. The number of hydrogen-bond donors (Lipinski definition) is 0. The van der Waals surface area contributed by atoms with Crippen molar-refractivity contribution in [1.82, 2.24) is 0 Å². The van der Waals surface area contributed by atoms with Gasteiger partial charge in [0.25, 0.3) is 0 Å². The fraction of sp³-hybridized carbons (Fsp3) is 0.333. The molecule has 0 N–H and O–H groups in total. The van der Waals surface area contributed by atoms with Gasteiger partial charge in [-0.2, -0.15) is 0 Å². The molecule has 0 aromatic heterocycles. The van der Waals surface area contributed by atoms with E-state index in [1.54, 1.807) is 0 Å². The predicted molar refractivity (Wildman–Crippen MR) is 93.8 cm³/mol. The molecule has 1 atom stereocenters. The number of allylic oxidation sites excluding steroid dienone is 1. The smallest absolute Gasteiger partial charge is 0.0152 e. The minimum absolute atomic E-state index is 0.669. The molecule has 0 saturated carbocycles. The van der Waals surface area contributed by atoms with Crippen molar-refractivity contribution < 1.29 is 0 Å². The van der Waals surface area contributed by atoms with Gasteiger partial charge in [0.2, 0.25) is 0 Å². The number of benzene rings is 2. The number of unbranched alkanes of at least 4 members (excludes halogenated alkanes) is 1. The van der Waals surface area contributed by atoms with E-state index in [0.717, 1.165) is 6.42 Å². The van der Waals surface area contributed by atoms with E-state index in [0.29, 0.717) is 5.92 Å². The standard InChI is InChI=1S/C18H21I/c1-2-3-7-15(12-13-19)14-17-10-6-9-16-8-4-5-11-18(16)17/h4-6,8-13,15H,2-3,7,14H2,1H3. The van der Waals surface area contributed by atoms with Gasteiger partial charge in [0, 0.05) is 0 Å². The summed E-state index contributed by atoms with van der Waals surface area (Å²) in [7, 11) is 0. The molecule has 0 spiro atoms. The molecule has 0 aliphatic carbocycles. The molecule has 19 heavy (non-hydrogen) atoms. The first kappa shape index (κ1) is 14.6. The van der Waals surface area contributed by atoms with Crippen molar-refractivity contribution in [3.05, 3.63) is 58.2 Å². The predicted octanol–water partition coefficient (Wildman–Crippen LogP) is 6.14. The van der Waals surface area contributed by atoms with Crippen molar-refractivity contribution in [2.75, 3.05) is 0 Å². The van der Waals surface area contributed by atoms with Crippen LogP contribution in [-0.2, 0) is 6.42 Å². The Kier molecular flexibility index (Phi) is 5.90. The van der Waals surface area contributed by atoms with Crippen molar-refractivity contribution in [3.8, 4) is 0 Å². The van der Waals surface area contributed by atoms with Gasteiger partial charge in [-0.1, -0.05) is 90.9 Å². The van der Waals surface area contributed by atoms with Crippen molar-refractivity contribution >= 4 is 33.4 Å². The van der Waals surface area contributed by atoms with Crippen LogP contribution in [0.2, 0.25) is 0 Å². The molecular weight excluding hydrogens is 343 g/mol. The maximum absolute atomic E-state index is 2.36. The Morgan fingerprint density at radius 1 is 1.11 bits per heavy atom. The molecule has 0 saturated heterocycles. The van der Waals surface area contributed by atoms with Crippen LogP contribution in [0.25, 0.3) is 10.8 Å². The Morgan fingerprint density at radius 2 is 1.89 bits per heavy atom. The first-order valence-corrected chi connectivity index (χ1v) is 8.33. The second-order valence-corrected chi connectivity index (χ2v) is 5.78. The molecule has 0 aliphatic rings. The second kappa shape index (κ2) is 7.68. The van der Waals surface area contributed by atoms with Gasteiger partial charge in [-0.05, 0) is 39.2 Å². The van der Waals surface area contributed by atoms with Gasteiger partial charge in [0.15, 0.2) is 0 Å². The minimum Gasteiger partial charge on any atom is -0.0750 e. The maximum Gasteiger partial charge on any atom is -0.0152 e. The van der Waals surface area contributed by atoms with Crippen molar-refractivity contribution in [2.24, 2.45) is 5.92 Å². The zero-order valence-corrected chi connectivity index (χ0v) is 13.6. The number of hydrogen-bond acceptors (Lipinski definition) is 0. The number of halogens is 1.